The number of halogens is 3. The number of nitrogens with two attached hydrogens (primary N) is 2. The molecule has 10 rings (SSSR count). The van der Waals surface area contributed by atoms with Crippen LogP contribution in [0.25, 0.3) is 11.3 Å². The highest BCUT2D eigenvalue weighted by atomic mass is 79.9. The average Bonchev–Trinajstić information content (AvgIpc) is 0.969. The van der Waals surface area contributed by atoms with Crippen LogP contribution < -0.4 is 42.4 Å². The molecule has 10 N–H and O–H groups in total. The molecule has 27 heteroatoms. The summed E-state index contributed by atoms with van der Waals surface area (Å²) in [5.74, 6) is 1.47. The van der Waals surface area contributed by atoms with Gasteiger partial charge in [0.2, 0.25) is 23.7 Å². The monoisotopic (exact) mass is 1290 g/mol. The van der Waals surface area contributed by atoms with E-state index in [1.165, 1.54) is 37.1 Å². The smallest absolute Gasteiger partial charge is 0.481 e. The number of aryl methyl sites for hydroxylation is 2. The van der Waals surface area contributed by atoms with Crippen LogP contribution in [0.3, 0.4) is 0 Å². The van der Waals surface area contributed by atoms with Gasteiger partial charge in [0.05, 0.1) is 110 Å². The van der Waals surface area contributed by atoms with Crippen molar-refractivity contribution in [3.05, 3.63) is 164 Å². The Morgan fingerprint density at radius 1 is 0.652 bits per heavy atom. The summed E-state index contributed by atoms with van der Waals surface area (Å²) in [6.07, 6.45) is 1.26. The molecule has 1 fully saturated rings. The lowest BCUT2D eigenvalue weighted by molar-refractivity contribution is 0.0532. The number of hydrogen-bond donors (Lipinski definition) is 8. The number of aliphatic imine (C=N–C) groups is 2. The van der Waals surface area contributed by atoms with Crippen molar-refractivity contribution in [1.82, 2.24) is 40.9 Å². The molecular formula is C62H79BBrF2N13O10. The van der Waals surface area contributed by atoms with Gasteiger partial charge in [-0.3, -0.25) is 19.7 Å². The van der Waals surface area contributed by atoms with Crippen LogP contribution in [0.2, 0.25) is 0 Å². The number of ether oxygens (including phenoxy) is 2. The third-order valence-corrected chi connectivity index (χ3v) is 14.7. The van der Waals surface area contributed by atoms with E-state index in [4.69, 9.17) is 60.1 Å². The molecule has 0 saturated carbocycles. The number of aromatic nitrogens is 6. The van der Waals surface area contributed by atoms with E-state index in [-0.39, 0.29) is 58.4 Å². The highest BCUT2D eigenvalue weighted by Gasteiger charge is 2.31. The molecule has 1 saturated heterocycles. The molecule has 0 bridgehead atoms. The Morgan fingerprint density at radius 2 is 1.16 bits per heavy atom. The van der Waals surface area contributed by atoms with E-state index >= 15 is 0 Å². The fourth-order valence-electron chi connectivity index (χ4n) is 9.77. The summed E-state index contributed by atoms with van der Waals surface area (Å²) in [7, 11) is 2.69. The number of amidine groups is 2. The number of pyridine rings is 2. The fraction of sp³-hybridized carbons (Fsp3) is 0.387. The van der Waals surface area contributed by atoms with Gasteiger partial charge in [-0.2, -0.15) is 0 Å². The number of rotatable bonds is 19. The average molecular weight is 1300 g/mol. The van der Waals surface area contributed by atoms with Crippen molar-refractivity contribution in [2.75, 3.05) is 83.3 Å². The van der Waals surface area contributed by atoms with Crippen molar-refractivity contribution in [2.24, 2.45) is 9.98 Å². The molecule has 0 aliphatic carbocycles. The first kappa shape index (κ1) is 70.2. The molecule has 476 valence electrons. The minimum atomic E-state index is -0.786. The van der Waals surface area contributed by atoms with Gasteiger partial charge in [0.25, 0.3) is 0 Å². The first-order valence-electron chi connectivity index (χ1n) is 28.2. The number of nitrogens with zero attached hydrogens (tertiary/aromatic N) is 9. The second-order valence-electron chi connectivity index (χ2n) is 20.2. The van der Waals surface area contributed by atoms with Crippen LogP contribution in [0.5, 0.6) is 11.8 Å². The van der Waals surface area contributed by atoms with Gasteiger partial charge in [0.1, 0.15) is 11.6 Å². The van der Waals surface area contributed by atoms with Crippen molar-refractivity contribution >= 4 is 57.9 Å². The molecule has 3 aliphatic rings. The lowest BCUT2D eigenvalue weighted by Crippen LogP contribution is -2.45. The zero-order valence-electron chi connectivity index (χ0n) is 48.7. The van der Waals surface area contributed by atoms with Crippen molar-refractivity contribution in [3.63, 3.8) is 0 Å². The van der Waals surface area contributed by atoms with Gasteiger partial charge in [-0.1, -0.05) is 73.2 Å². The highest BCUT2D eigenvalue weighted by Crippen LogP contribution is 2.37. The summed E-state index contributed by atoms with van der Waals surface area (Å²) >= 11 is 3.40. The van der Waals surface area contributed by atoms with E-state index in [1.807, 2.05) is 50.2 Å². The topological polar surface area (TPSA) is 318 Å². The van der Waals surface area contributed by atoms with Crippen molar-refractivity contribution < 1.29 is 57.7 Å². The van der Waals surface area contributed by atoms with E-state index in [2.05, 4.69) is 73.8 Å². The minimum absolute atomic E-state index is 0. The Labute approximate surface area is 526 Å². The predicted octanol–water partition coefficient (Wildman–Crippen LogP) is 6.85. The van der Waals surface area contributed by atoms with E-state index < -0.39 is 31.2 Å². The molecule has 4 atom stereocenters. The van der Waals surface area contributed by atoms with Gasteiger partial charge in [-0.25, -0.2) is 49.6 Å². The van der Waals surface area contributed by atoms with E-state index in [9.17, 15) is 19.0 Å². The molecule has 0 radical (unpaired) electrons. The maximum Gasteiger partial charge on any atom is 0.513 e. The number of aliphatic hydroxyl groups excluding tert-OH is 4. The number of fused-ring (bicyclic) bond motifs is 2. The standard InChI is InChI=1S/C25H29FN6O4.C19H23BrFN5O3.C16H19BN2O3.2CH4/c1-14-23-21(31-25(27)28-14)12-20(30-24(23)32-36-10-4-5-16(34)13-33)17-9-8-15(26)11-18(17)19-6-3-7-22(29-19)35-2;1-10-17-16(25-19(22)23-10)8-15(13-5-4-11(21)7-14(13)20)24-18(17)26-29-6-2-3-12(28)9-27;1-20-16-9-5-8-15(18-16)17-21-12-10-19(11-13-22-17)14-6-3-2-4-7-14;;/h3,6-9,11,16,20,33-34H,4-5,10,12-13H2,1-2H3,(H,30,32)(H2,27,28,31);4-5,7,12,15,27-28H,2-3,6,8-9H2,1H3,(H,24,26)(H2,22,23,25);2-9H,10-13H2,1H3;2*1H4/t16-,20-;12-,15-;;;/m11.../s1. The third-order valence-electron chi connectivity index (χ3n) is 14.0. The number of para-hydroxylation sites is 1. The largest absolute Gasteiger partial charge is 0.513 e. The summed E-state index contributed by atoms with van der Waals surface area (Å²) in [6.45, 7) is 6.47. The molecule has 3 aromatic carbocycles. The first-order chi connectivity index (χ1) is 42.1. The second kappa shape index (κ2) is 34.8. The van der Waals surface area contributed by atoms with Crippen LogP contribution in [0.1, 0.15) is 97.6 Å². The molecule has 4 aromatic heterocycles. The van der Waals surface area contributed by atoms with E-state index in [1.54, 1.807) is 37.4 Å². The van der Waals surface area contributed by atoms with Gasteiger partial charge in [0, 0.05) is 67.0 Å². The lowest BCUT2D eigenvalue weighted by atomic mass is 9.83. The van der Waals surface area contributed by atoms with Gasteiger partial charge in [-0.15, -0.1) is 0 Å². The summed E-state index contributed by atoms with van der Waals surface area (Å²) in [5.41, 5.74) is 26.3. The Morgan fingerprint density at radius 3 is 1.69 bits per heavy atom. The number of hydrogen-bond acceptors (Lipinski definition) is 23. The number of nitrogen functional groups attached to an aromatic ring is 2. The van der Waals surface area contributed by atoms with Crippen molar-refractivity contribution in [3.8, 4) is 23.0 Å². The number of methoxy groups -OCH3 is 2. The molecule has 7 aromatic rings. The van der Waals surface area contributed by atoms with Gasteiger partial charge >= 0.3 is 7.12 Å². The van der Waals surface area contributed by atoms with Gasteiger partial charge in [-0.05, 0) is 99.2 Å². The molecule has 7 heterocycles. The Bertz CT molecular complexity index is 3450. The van der Waals surface area contributed by atoms with Crippen LogP contribution >= 0.6 is 15.9 Å². The van der Waals surface area contributed by atoms with Crippen LogP contribution in [0.15, 0.2) is 118 Å². The number of aliphatic hydroxyl groups is 4. The van der Waals surface area contributed by atoms with Gasteiger partial charge < -0.3 is 55.6 Å². The lowest BCUT2D eigenvalue weighted by Gasteiger charge is -2.28. The Kier molecular flexibility index (Phi) is 27.4. The molecule has 3 aliphatic heterocycles. The van der Waals surface area contributed by atoms with Crippen LogP contribution in [-0.2, 0) is 31.8 Å². The number of nitrogens with one attached hydrogen (secondary N) is 2. The maximum atomic E-state index is 14.3. The molecule has 0 amide bonds. The fourth-order valence-corrected chi connectivity index (χ4v) is 10.4. The highest BCUT2D eigenvalue weighted by molar-refractivity contribution is 9.10. The Hall–Kier alpha value is -7.86. The van der Waals surface area contributed by atoms with Crippen molar-refractivity contribution in [1.29, 1.82) is 0 Å². The zero-order valence-corrected chi connectivity index (χ0v) is 50.2. The quantitative estimate of drug-likeness (QED) is 0.0233. The second-order valence-corrected chi connectivity index (χ2v) is 21.0. The van der Waals surface area contributed by atoms with Crippen molar-refractivity contribution in [2.45, 2.75) is 91.5 Å². The maximum absolute atomic E-state index is 14.3. The van der Waals surface area contributed by atoms with Crippen LogP contribution in [0, 0.1) is 25.5 Å². The number of benzene rings is 3. The SMILES string of the molecule is C.C.COc1cccc(-c2cc(F)ccc2[C@H]2Cc3nc(N)nc(C)c3C(NOCCC[C@@H](O)CO)=N2)n1.COc1cccc(B2OCCN(c3ccccc3)CCO2)n1.Cc1nc(N)nc2c1C(NOCCC[C@@H](O)CO)=N[C@@H](c1ccc(F)cc1Br)C2. The Balaban J connectivity index is 0.000000216. The molecular weight excluding hydrogens is 1220 g/mol. The van der Waals surface area contributed by atoms with Crippen LogP contribution in [0.4, 0.5) is 26.4 Å². The molecule has 0 unspecified atom stereocenters. The minimum Gasteiger partial charge on any atom is -0.481 e. The summed E-state index contributed by atoms with van der Waals surface area (Å²) in [4.78, 5) is 49.2. The molecule has 0 spiro atoms. The predicted molar refractivity (Wildman–Crippen MR) is 342 cm³/mol. The summed E-state index contributed by atoms with van der Waals surface area (Å²) in [5, 5.41) is 36.7. The normalized spacial score (nSPS) is 15.8. The summed E-state index contributed by atoms with van der Waals surface area (Å²) < 4.78 is 50.5. The van der Waals surface area contributed by atoms with Gasteiger partial charge in [0.15, 0.2) is 11.7 Å². The van der Waals surface area contributed by atoms with Crippen LogP contribution in [-0.4, -0.2) is 148 Å². The summed E-state index contributed by atoms with van der Waals surface area (Å²) in [6, 6.07) is 29.4. The third kappa shape index (κ3) is 19.6. The van der Waals surface area contributed by atoms with E-state index in [0.717, 1.165) is 41.1 Å². The van der Waals surface area contributed by atoms with E-state index in [0.29, 0.717) is 120 Å². The number of anilines is 3. The first-order valence-corrected chi connectivity index (χ1v) is 29.0. The molecule has 89 heavy (non-hydrogen) atoms. The molecule has 23 nitrogen and oxygen atoms in total. The number of hydroxylamine groups is 2. The zero-order chi connectivity index (χ0) is 61.8.